The molecule has 0 saturated carbocycles. The van der Waals surface area contributed by atoms with Gasteiger partial charge in [0.25, 0.3) is 5.91 Å². The zero-order valence-electron chi connectivity index (χ0n) is 14.5. The third-order valence-electron chi connectivity index (χ3n) is 3.50. The molecule has 0 spiro atoms. The number of nitrogens with one attached hydrogen (secondary N) is 1. The highest BCUT2D eigenvalue weighted by Gasteiger charge is 2.37. The van der Waals surface area contributed by atoms with Gasteiger partial charge in [-0.3, -0.25) is 9.59 Å². The molecule has 1 aromatic rings. The number of unbranched alkanes of at least 4 members (excludes halogenated alkanes) is 2. The fourth-order valence-corrected chi connectivity index (χ4v) is 2.19. The highest BCUT2D eigenvalue weighted by Crippen LogP contribution is 2.36. The molecule has 0 aromatic heterocycles. The van der Waals surface area contributed by atoms with E-state index in [0.29, 0.717) is 31.4 Å². The van der Waals surface area contributed by atoms with Crippen LogP contribution in [0.15, 0.2) is 18.2 Å². The average molecular weight is 399 g/mol. The Morgan fingerprint density at radius 3 is 1.96 bits per heavy atom. The summed E-state index contributed by atoms with van der Waals surface area (Å²) in [6.45, 7) is 2.00. The van der Waals surface area contributed by atoms with Crippen LogP contribution < -0.4 is 5.32 Å². The van der Waals surface area contributed by atoms with Crippen molar-refractivity contribution in [3.05, 3.63) is 34.9 Å². The van der Waals surface area contributed by atoms with Crippen LogP contribution in [0.5, 0.6) is 0 Å². The van der Waals surface area contributed by atoms with E-state index in [9.17, 15) is 35.9 Å². The minimum Gasteiger partial charge on any atom is -0.466 e. The van der Waals surface area contributed by atoms with Crippen LogP contribution in [0.3, 0.4) is 0 Å². The first-order valence-electron chi connectivity index (χ1n) is 8.18. The van der Waals surface area contributed by atoms with Crippen LogP contribution in [0.4, 0.5) is 26.3 Å². The van der Waals surface area contributed by atoms with Gasteiger partial charge in [-0.25, -0.2) is 0 Å². The van der Waals surface area contributed by atoms with Gasteiger partial charge in [-0.05, 0) is 38.0 Å². The van der Waals surface area contributed by atoms with Gasteiger partial charge in [0, 0.05) is 18.5 Å². The van der Waals surface area contributed by atoms with E-state index in [1.165, 1.54) is 0 Å². The van der Waals surface area contributed by atoms with E-state index in [1.807, 2.05) is 0 Å². The first-order chi connectivity index (χ1) is 12.4. The Hall–Kier alpha value is -2.26. The number of benzene rings is 1. The number of hydrogen-bond donors (Lipinski definition) is 1. The molecule has 0 bridgehead atoms. The maximum absolute atomic E-state index is 12.8. The Bertz CT molecular complexity index is 623. The molecule has 152 valence electrons. The number of esters is 1. The molecule has 0 atom stereocenters. The van der Waals surface area contributed by atoms with Crippen molar-refractivity contribution < 1.29 is 40.7 Å². The molecule has 10 heteroatoms. The maximum Gasteiger partial charge on any atom is 0.416 e. The van der Waals surface area contributed by atoms with Gasteiger partial charge in [0.05, 0.1) is 17.7 Å². The SMILES string of the molecule is CCOC(=O)CCCCCNC(=O)c1cc(C(F)(F)F)cc(C(F)(F)F)c1. The van der Waals surface area contributed by atoms with Gasteiger partial charge < -0.3 is 10.1 Å². The van der Waals surface area contributed by atoms with Crippen molar-refractivity contribution in [2.24, 2.45) is 0 Å². The van der Waals surface area contributed by atoms with Crippen molar-refractivity contribution in [1.29, 1.82) is 0 Å². The third kappa shape index (κ3) is 7.88. The number of amides is 1. The Kier molecular flexibility index (Phi) is 8.11. The lowest BCUT2D eigenvalue weighted by Crippen LogP contribution is -2.25. The largest absolute Gasteiger partial charge is 0.466 e. The monoisotopic (exact) mass is 399 g/mol. The van der Waals surface area contributed by atoms with Crippen molar-refractivity contribution in [2.75, 3.05) is 13.2 Å². The van der Waals surface area contributed by atoms with Crippen LogP contribution in [0, 0.1) is 0 Å². The maximum atomic E-state index is 12.8. The summed E-state index contributed by atoms with van der Waals surface area (Å²) < 4.78 is 81.4. The second-order valence-electron chi connectivity index (χ2n) is 5.67. The molecule has 1 N–H and O–H groups in total. The van der Waals surface area contributed by atoms with E-state index >= 15 is 0 Å². The predicted octanol–water partition coefficient (Wildman–Crippen LogP) is 4.58. The van der Waals surface area contributed by atoms with E-state index in [4.69, 9.17) is 4.74 Å². The summed E-state index contributed by atoms with van der Waals surface area (Å²) in [4.78, 5) is 23.0. The summed E-state index contributed by atoms with van der Waals surface area (Å²) in [5.41, 5.74) is -3.81. The molecule has 0 fully saturated rings. The zero-order valence-corrected chi connectivity index (χ0v) is 14.5. The number of alkyl halides is 6. The summed E-state index contributed by atoms with van der Waals surface area (Å²) >= 11 is 0. The Balaban J connectivity index is 2.65. The standard InChI is InChI=1S/C17H19F6NO3/c1-2-27-14(25)6-4-3-5-7-24-15(26)11-8-12(16(18,19)20)10-13(9-11)17(21,22)23/h8-10H,2-7H2,1H3,(H,24,26). The summed E-state index contributed by atoms with van der Waals surface area (Å²) in [5.74, 6) is -1.39. The number of ether oxygens (including phenoxy) is 1. The van der Waals surface area contributed by atoms with E-state index in [0.717, 1.165) is 0 Å². The molecule has 1 aromatic carbocycles. The number of carbonyl (C=O) groups excluding carboxylic acids is 2. The molecular formula is C17H19F6NO3. The molecule has 27 heavy (non-hydrogen) atoms. The quantitative estimate of drug-likeness (QED) is 0.396. The Morgan fingerprint density at radius 2 is 1.48 bits per heavy atom. The summed E-state index contributed by atoms with van der Waals surface area (Å²) in [5, 5.41) is 2.28. The topological polar surface area (TPSA) is 55.4 Å². The summed E-state index contributed by atoms with van der Waals surface area (Å²) in [6, 6.07) is 0.725. The third-order valence-corrected chi connectivity index (χ3v) is 3.50. The minimum absolute atomic E-state index is 0.0356. The van der Waals surface area contributed by atoms with Crippen molar-refractivity contribution in [1.82, 2.24) is 5.32 Å². The van der Waals surface area contributed by atoms with Gasteiger partial charge in [0.15, 0.2) is 0 Å². The van der Waals surface area contributed by atoms with E-state index in [1.54, 1.807) is 6.92 Å². The highest BCUT2D eigenvalue weighted by atomic mass is 19.4. The van der Waals surface area contributed by atoms with Crippen LogP contribution in [-0.2, 0) is 21.9 Å². The second-order valence-corrected chi connectivity index (χ2v) is 5.67. The second kappa shape index (κ2) is 9.61. The van der Waals surface area contributed by atoms with Crippen LogP contribution in [0.25, 0.3) is 0 Å². The summed E-state index contributed by atoms with van der Waals surface area (Å²) in [6.07, 6.45) is -8.38. The van der Waals surface area contributed by atoms with Crippen molar-refractivity contribution >= 4 is 11.9 Å². The first-order valence-corrected chi connectivity index (χ1v) is 8.18. The van der Waals surface area contributed by atoms with Crippen LogP contribution >= 0.6 is 0 Å². The lowest BCUT2D eigenvalue weighted by atomic mass is 10.0. The molecule has 0 aliphatic carbocycles. The normalized spacial score (nSPS) is 12.0. The van der Waals surface area contributed by atoms with Crippen LogP contribution in [0.1, 0.15) is 54.1 Å². The molecule has 0 unspecified atom stereocenters. The number of rotatable bonds is 8. The fraction of sp³-hybridized carbons (Fsp3) is 0.529. The smallest absolute Gasteiger partial charge is 0.416 e. The fourth-order valence-electron chi connectivity index (χ4n) is 2.19. The summed E-state index contributed by atoms with van der Waals surface area (Å²) in [7, 11) is 0. The Morgan fingerprint density at radius 1 is 0.926 bits per heavy atom. The van der Waals surface area contributed by atoms with E-state index in [-0.39, 0.29) is 31.6 Å². The van der Waals surface area contributed by atoms with Crippen molar-refractivity contribution in [3.8, 4) is 0 Å². The van der Waals surface area contributed by atoms with Crippen molar-refractivity contribution in [3.63, 3.8) is 0 Å². The van der Waals surface area contributed by atoms with E-state index in [2.05, 4.69) is 5.32 Å². The molecule has 0 heterocycles. The van der Waals surface area contributed by atoms with Gasteiger partial charge in [0.1, 0.15) is 0 Å². The van der Waals surface area contributed by atoms with Gasteiger partial charge in [-0.1, -0.05) is 6.42 Å². The number of carbonyl (C=O) groups is 2. The van der Waals surface area contributed by atoms with Gasteiger partial charge >= 0.3 is 18.3 Å². The number of hydrogen-bond acceptors (Lipinski definition) is 3. The molecule has 4 nitrogen and oxygen atoms in total. The first kappa shape index (κ1) is 22.8. The van der Waals surface area contributed by atoms with Crippen molar-refractivity contribution in [2.45, 2.75) is 45.0 Å². The predicted molar refractivity (Wildman–Crippen MR) is 83.9 cm³/mol. The number of halogens is 6. The molecule has 0 aliphatic rings. The van der Waals surface area contributed by atoms with Gasteiger partial charge in [0.2, 0.25) is 0 Å². The molecule has 0 saturated heterocycles. The van der Waals surface area contributed by atoms with Crippen LogP contribution in [-0.4, -0.2) is 25.0 Å². The van der Waals surface area contributed by atoms with Gasteiger partial charge in [-0.2, -0.15) is 26.3 Å². The molecule has 0 aliphatic heterocycles. The minimum atomic E-state index is -5.01. The molecule has 0 radical (unpaired) electrons. The average Bonchev–Trinajstić information content (AvgIpc) is 2.56. The lowest BCUT2D eigenvalue weighted by Gasteiger charge is -2.14. The molecule has 1 amide bonds. The zero-order chi connectivity index (χ0) is 20.7. The lowest BCUT2D eigenvalue weighted by molar-refractivity contribution is -0.144. The van der Waals surface area contributed by atoms with Crippen LogP contribution in [0.2, 0.25) is 0 Å². The molecular weight excluding hydrogens is 380 g/mol. The van der Waals surface area contributed by atoms with Gasteiger partial charge in [-0.15, -0.1) is 0 Å². The molecule has 1 rings (SSSR count). The van der Waals surface area contributed by atoms with E-state index < -0.39 is 35.0 Å². The highest BCUT2D eigenvalue weighted by molar-refractivity contribution is 5.94. The Labute approximate surface area is 151 Å².